The highest BCUT2D eigenvalue weighted by atomic mass is 14.4. The first-order valence-electron chi connectivity index (χ1n) is 4.00. The molecule has 0 saturated heterocycles. The molecule has 66 valence electrons. The first-order chi connectivity index (χ1) is 5.57. The van der Waals surface area contributed by atoms with Crippen molar-refractivity contribution in [3.63, 3.8) is 0 Å². The maximum atomic E-state index is 7.46. The first-order valence-corrected chi connectivity index (χ1v) is 4.00. The van der Waals surface area contributed by atoms with E-state index in [0.717, 1.165) is 5.57 Å². The SMILES string of the molecule is C=C(CC(=N)/C=C\C=N)C(C)C. The summed E-state index contributed by atoms with van der Waals surface area (Å²) in [6, 6.07) is 0. The molecule has 0 rings (SSSR count). The monoisotopic (exact) mass is 164 g/mol. The van der Waals surface area contributed by atoms with Crippen molar-refractivity contribution in [3.8, 4) is 0 Å². The first kappa shape index (κ1) is 10.8. The van der Waals surface area contributed by atoms with Gasteiger partial charge in [-0.05, 0) is 18.1 Å². The molecule has 0 aliphatic heterocycles. The fraction of sp³-hybridized carbons (Fsp3) is 0.400. The van der Waals surface area contributed by atoms with E-state index in [4.69, 9.17) is 10.8 Å². The second-order valence-electron chi connectivity index (χ2n) is 3.04. The lowest BCUT2D eigenvalue weighted by molar-refractivity contribution is 0.758. The van der Waals surface area contributed by atoms with Crippen LogP contribution in [0.25, 0.3) is 0 Å². The lowest BCUT2D eigenvalue weighted by Gasteiger charge is -2.07. The molecule has 0 aliphatic carbocycles. The molecule has 0 amide bonds. The summed E-state index contributed by atoms with van der Waals surface area (Å²) in [5.41, 5.74) is 1.58. The van der Waals surface area contributed by atoms with Crippen LogP contribution in [0.1, 0.15) is 20.3 Å². The summed E-state index contributed by atoms with van der Waals surface area (Å²) < 4.78 is 0. The molecule has 2 heteroatoms. The van der Waals surface area contributed by atoms with Crippen molar-refractivity contribution >= 4 is 11.9 Å². The van der Waals surface area contributed by atoms with Crippen LogP contribution in [0.3, 0.4) is 0 Å². The summed E-state index contributed by atoms with van der Waals surface area (Å²) in [5, 5.41) is 14.2. The average Bonchev–Trinajstić information content (AvgIpc) is 2.00. The molecule has 0 radical (unpaired) electrons. The van der Waals surface area contributed by atoms with Crippen molar-refractivity contribution in [2.45, 2.75) is 20.3 Å². The summed E-state index contributed by atoms with van der Waals surface area (Å²) in [5.74, 6) is 0.429. The van der Waals surface area contributed by atoms with Gasteiger partial charge in [0.1, 0.15) is 0 Å². The minimum Gasteiger partial charge on any atom is -0.309 e. The van der Waals surface area contributed by atoms with Crippen LogP contribution < -0.4 is 0 Å². The summed E-state index contributed by atoms with van der Waals surface area (Å²) in [6.07, 6.45) is 4.96. The largest absolute Gasteiger partial charge is 0.309 e. The Kier molecular flexibility index (Phi) is 4.93. The fourth-order valence-corrected chi connectivity index (χ4v) is 0.672. The summed E-state index contributed by atoms with van der Waals surface area (Å²) >= 11 is 0. The van der Waals surface area contributed by atoms with Gasteiger partial charge in [-0.25, -0.2) is 0 Å². The molecule has 2 N–H and O–H groups in total. The van der Waals surface area contributed by atoms with Gasteiger partial charge in [-0.2, -0.15) is 0 Å². The second-order valence-corrected chi connectivity index (χ2v) is 3.04. The van der Waals surface area contributed by atoms with Gasteiger partial charge < -0.3 is 10.8 Å². The van der Waals surface area contributed by atoms with Crippen molar-refractivity contribution in [1.29, 1.82) is 10.8 Å². The van der Waals surface area contributed by atoms with Gasteiger partial charge in [0.25, 0.3) is 0 Å². The molecule has 0 aromatic carbocycles. The van der Waals surface area contributed by atoms with Crippen LogP contribution in [0.5, 0.6) is 0 Å². The zero-order chi connectivity index (χ0) is 9.56. The third-order valence-electron chi connectivity index (χ3n) is 1.63. The highest BCUT2D eigenvalue weighted by molar-refractivity contribution is 5.96. The van der Waals surface area contributed by atoms with Gasteiger partial charge in [0.2, 0.25) is 0 Å². The Balaban J connectivity index is 3.93. The van der Waals surface area contributed by atoms with Gasteiger partial charge in [0.05, 0.1) is 0 Å². The van der Waals surface area contributed by atoms with Crippen molar-refractivity contribution in [2.24, 2.45) is 5.92 Å². The molecule has 0 aromatic heterocycles. The molecule has 0 saturated carbocycles. The van der Waals surface area contributed by atoms with Gasteiger partial charge in [-0.15, -0.1) is 0 Å². The van der Waals surface area contributed by atoms with Gasteiger partial charge in [-0.1, -0.05) is 26.0 Å². The van der Waals surface area contributed by atoms with Crippen LogP contribution in [-0.2, 0) is 0 Å². The minimum atomic E-state index is 0.429. The minimum absolute atomic E-state index is 0.429. The Morgan fingerprint density at radius 3 is 2.50 bits per heavy atom. The van der Waals surface area contributed by atoms with Crippen LogP contribution in [0.4, 0.5) is 0 Å². The Morgan fingerprint density at radius 2 is 2.08 bits per heavy atom. The van der Waals surface area contributed by atoms with E-state index in [1.807, 2.05) is 0 Å². The maximum absolute atomic E-state index is 7.46. The van der Waals surface area contributed by atoms with Crippen molar-refractivity contribution in [3.05, 3.63) is 24.3 Å². The van der Waals surface area contributed by atoms with E-state index in [1.54, 1.807) is 12.2 Å². The van der Waals surface area contributed by atoms with Gasteiger partial charge in [0.15, 0.2) is 0 Å². The van der Waals surface area contributed by atoms with Crippen LogP contribution in [0, 0.1) is 16.7 Å². The molecule has 0 atom stereocenters. The number of allylic oxidation sites excluding steroid dienone is 3. The van der Waals surface area contributed by atoms with Gasteiger partial charge >= 0.3 is 0 Å². The van der Waals surface area contributed by atoms with Gasteiger partial charge in [0, 0.05) is 18.3 Å². The average molecular weight is 164 g/mol. The Labute approximate surface area is 74.0 Å². The zero-order valence-corrected chi connectivity index (χ0v) is 7.72. The highest BCUT2D eigenvalue weighted by Gasteiger charge is 2.01. The standard InChI is InChI=1S/C10H16N2/c1-8(2)9(3)7-10(12)5-4-6-11/h4-6,8,11-12H,3,7H2,1-2H3/b5-4-,11-6?,12-10?. The molecule has 2 nitrogen and oxygen atoms in total. The summed E-state index contributed by atoms with van der Waals surface area (Å²) in [6.45, 7) is 8.00. The van der Waals surface area contributed by atoms with Crippen molar-refractivity contribution < 1.29 is 0 Å². The van der Waals surface area contributed by atoms with Crippen LogP contribution in [-0.4, -0.2) is 11.9 Å². The van der Waals surface area contributed by atoms with E-state index in [1.165, 1.54) is 6.21 Å². The zero-order valence-electron chi connectivity index (χ0n) is 7.72. The Bertz CT molecular complexity index is 212. The quantitative estimate of drug-likeness (QED) is 0.463. The lowest BCUT2D eigenvalue weighted by Crippen LogP contribution is -1.99. The van der Waals surface area contributed by atoms with Gasteiger partial charge in [-0.3, -0.25) is 0 Å². The number of rotatable bonds is 5. The topological polar surface area (TPSA) is 47.7 Å². The fourth-order valence-electron chi connectivity index (χ4n) is 0.672. The second kappa shape index (κ2) is 5.47. The predicted molar refractivity (Wildman–Crippen MR) is 54.2 cm³/mol. The third-order valence-corrected chi connectivity index (χ3v) is 1.63. The van der Waals surface area contributed by atoms with E-state index in [0.29, 0.717) is 18.1 Å². The van der Waals surface area contributed by atoms with Crippen LogP contribution in [0.2, 0.25) is 0 Å². The molecule has 0 heterocycles. The molecule has 0 aliphatic rings. The third kappa shape index (κ3) is 4.61. The van der Waals surface area contributed by atoms with Crippen molar-refractivity contribution in [2.75, 3.05) is 0 Å². The van der Waals surface area contributed by atoms with E-state index in [-0.39, 0.29) is 0 Å². The molecule has 0 unspecified atom stereocenters. The van der Waals surface area contributed by atoms with Crippen LogP contribution in [0.15, 0.2) is 24.3 Å². The van der Waals surface area contributed by atoms with E-state index in [2.05, 4.69) is 20.4 Å². The molecule has 0 fully saturated rings. The number of hydrogen-bond donors (Lipinski definition) is 2. The summed E-state index contributed by atoms with van der Waals surface area (Å²) in [4.78, 5) is 0. The van der Waals surface area contributed by atoms with Crippen molar-refractivity contribution in [1.82, 2.24) is 0 Å². The smallest absolute Gasteiger partial charge is 0.0354 e. The lowest BCUT2D eigenvalue weighted by atomic mass is 9.99. The van der Waals surface area contributed by atoms with E-state index in [9.17, 15) is 0 Å². The summed E-state index contributed by atoms with van der Waals surface area (Å²) in [7, 11) is 0. The predicted octanol–water partition coefficient (Wildman–Crippen LogP) is 2.81. The number of nitrogens with one attached hydrogen (secondary N) is 2. The molecule has 0 spiro atoms. The Hall–Kier alpha value is -1.18. The normalized spacial score (nSPS) is 10.6. The highest BCUT2D eigenvalue weighted by Crippen LogP contribution is 2.11. The van der Waals surface area contributed by atoms with E-state index < -0.39 is 0 Å². The molecular weight excluding hydrogens is 148 g/mol. The molecule has 12 heavy (non-hydrogen) atoms. The molecule has 0 aromatic rings. The Morgan fingerprint density at radius 1 is 1.50 bits per heavy atom. The maximum Gasteiger partial charge on any atom is 0.0354 e. The van der Waals surface area contributed by atoms with Crippen LogP contribution >= 0.6 is 0 Å². The van der Waals surface area contributed by atoms with E-state index >= 15 is 0 Å². The molecular formula is C10H16N2. The number of hydrogen-bond acceptors (Lipinski definition) is 2. The molecule has 0 bridgehead atoms.